The SMILES string of the molecule is CCC(C)NC(C)c1cccc(Cl)c1F. The van der Waals surface area contributed by atoms with Crippen LogP contribution in [0.4, 0.5) is 4.39 Å². The van der Waals surface area contributed by atoms with Gasteiger partial charge in [0.15, 0.2) is 0 Å². The van der Waals surface area contributed by atoms with Gasteiger partial charge in [0.05, 0.1) is 5.02 Å². The van der Waals surface area contributed by atoms with Crippen LogP contribution >= 0.6 is 11.6 Å². The number of rotatable bonds is 4. The fraction of sp³-hybridized carbons (Fsp3) is 0.500. The molecule has 0 saturated carbocycles. The molecule has 0 aliphatic rings. The van der Waals surface area contributed by atoms with Crippen LogP contribution in [0.1, 0.15) is 38.8 Å². The van der Waals surface area contributed by atoms with Crippen LogP contribution in [-0.2, 0) is 0 Å². The second-order valence-electron chi connectivity index (χ2n) is 3.84. The molecular weight excluding hydrogens is 213 g/mol. The lowest BCUT2D eigenvalue weighted by molar-refractivity contribution is 0.454. The molecule has 0 fully saturated rings. The summed E-state index contributed by atoms with van der Waals surface area (Å²) in [6.07, 6.45) is 1.02. The number of nitrogens with one attached hydrogen (secondary N) is 1. The van der Waals surface area contributed by atoms with Crippen LogP contribution in [0.25, 0.3) is 0 Å². The van der Waals surface area contributed by atoms with Gasteiger partial charge in [0.25, 0.3) is 0 Å². The number of halogens is 2. The van der Waals surface area contributed by atoms with Crippen molar-refractivity contribution < 1.29 is 4.39 Å². The van der Waals surface area contributed by atoms with Crippen molar-refractivity contribution in [3.05, 3.63) is 34.6 Å². The summed E-state index contributed by atoms with van der Waals surface area (Å²) in [5, 5.41) is 3.50. The molecule has 0 amide bonds. The van der Waals surface area contributed by atoms with Gasteiger partial charge in [-0.3, -0.25) is 0 Å². The van der Waals surface area contributed by atoms with Gasteiger partial charge in [0, 0.05) is 17.6 Å². The van der Waals surface area contributed by atoms with Crippen LogP contribution in [0.3, 0.4) is 0 Å². The van der Waals surface area contributed by atoms with E-state index in [4.69, 9.17) is 11.6 Å². The summed E-state index contributed by atoms with van der Waals surface area (Å²) in [5.41, 5.74) is 0.628. The standard InChI is InChI=1S/C12H17ClFN/c1-4-8(2)15-9(3)10-6-5-7-11(13)12(10)14/h5-9,15H,4H2,1-3H3. The van der Waals surface area contributed by atoms with E-state index in [0.717, 1.165) is 6.42 Å². The minimum Gasteiger partial charge on any atom is -0.308 e. The van der Waals surface area contributed by atoms with Gasteiger partial charge in [0.2, 0.25) is 0 Å². The van der Waals surface area contributed by atoms with Crippen LogP contribution in [0.2, 0.25) is 5.02 Å². The van der Waals surface area contributed by atoms with Gasteiger partial charge in [-0.05, 0) is 26.3 Å². The first-order valence-corrected chi connectivity index (χ1v) is 5.64. The van der Waals surface area contributed by atoms with Gasteiger partial charge < -0.3 is 5.32 Å². The Bertz CT molecular complexity index is 327. The van der Waals surface area contributed by atoms with Crippen molar-refractivity contribution >= 4 is 11.6 Å². The first kappa shape index (κ1) is 12.5. The van der Waals surface area contributed by atoms with Gasteiger partial charge >= 0.3 is 0 Å². The second kappa shape index (κ2) is 5.47. The monoisotopic (exact) mass is 229 g/mol. The Balaban J connectivity index is 2.82. The normalized spacial score (nSPS) is 15.0. The Morgan fingerprint density at radius 2 is 2.07 bits per heavy atom. The predicted octanol–water partition coefficient (Wildman–Crippen LogP) is 3.93. The van der Waals surface area contributed by atoms with Gasteiger partial charge in [-0.1, -0.05) is 30.7 Å². The molecule has 2 atom stereocenters. The lowest BCUT2D eigenvalue weighted by Gasteiger charge is -2.19. The third-order valence-electron chi connectivity index (χ3n) is 2.59. The number of benzene rings is 1. The molecule has 2 unspecified atom stereocenters. The second-order valence-corrected chi connectivity index (χ2v) is 4.25. The lowest BCUT2D eigenvalue weighted by Crippen LogP contribution is -2.28. The molecule has 0 bridgehead atoms. The van der Waals surface area contributed by atoms with Crippen molar-refractivity contribution in [2.24, 2.45) is 0 Å². The number of hydrogen-bond donors (Lipinski definition) is 1. The highest BCUT2D eigenvalue weighted by Gasteiger charge is 2.14. The average molecular weight is 230 g/mol. The maximum absolute atomic E-state index is 13.6. The van der Waals surface area contributed by atoms with Crippen LogP contribution < -0.4 is 5.32 Å². The third-order valence-corrected chi connectivity index (χ3v) is 2.89. The molecule has 0 aliphatic carbocycles. The summed E-state index contributed by atoms with van der Waals surface area (Å²) in [4.78, 5) is 0. The van der Waals surface area contributed by atoms with Gasteiger partial charge in [-0.25, -0.2) is 4.39 Å². The van der Waals surface area contributed by atoms with Crippen LogP contribution in [0.15, 0.2) is 18.2 Å². The highest BCUT2D eigenvalue weighted by Crippen LogP contribution is 2.23. The zero-order chi connectivity index (χ0) is 11.4. The minimum atomic E-state index is -0.317. The molecule has 3 heteroatoms. The molecule has 1 nitrogen and oxygen atoms in total. The third kappa shape index (κ3) is 3.18. The van der Waals surface area contributed by atoms with Crippen molar-refractivity contribution in [3.63, 3.8) is 0 Å². The zero-order valence-electron chi connectivity index (χ0n) is 9.35. The lowest BCUT2D eigenvalue weighted by atomic mass is 10.1. The van der Waals surface area contributed by atoms with Crippen molar-refractivity contribution in [3.8, 4) is 0 Å². The minimum absolute atomic E-state index is 0.0151. The molecular formula is C12H17ClFN. The van der Waals surface area contributed by atoms with E-state index in [1.165, 1.54) is 0 Å². The summed E-state index contributed by atoms with van der Waals surface area (Å²) < 4.78 is 13.6. The van der Waals surface area contributed by atoms with Crippen molar-refractivity contribution in [1.82, 2.24) is 5.32 Å². The predicted molar refractivity (Wildman–Crippen MR) is 62.7 cm³/mol. The average Bonchev–Trinajstić information content (AvgIpc) is 2.21. The quantitative estimate of drug-likeness (QED) is 0.825. The number of hydrogen-bond acceptors (Lipinski definition) is 1. The summed E-state index contributed by atoms with van der Waals surface area (Å²) in [6, 6.07) is 5.46. The van der Waals surface area contributed by atoms with E-state index < -0.39 is 0 Å². The van der Waals surface area contributed by atoms with Crippen molar-refractivity contribution in [2.75, 3.05) is 0 Å². The Kier molecular flexibility index (Phi) is 4.55. The summed E-state index contributed by atoms with van der Waals surface area (Å²) in [5.74, 6) is -0.317. The van der Waals surface area contributed by atoms with Gasteiger partial charge in [0.1, 0.15) is 5.82 Å². The molecule has 0 saturated heterocycles. The van der Waals surface area contributed by atoms with Gasteiger partial charge in [-0.2, -0.15) is 0 Å². The maximum atomic E-state index is 13.6. The van der Waals surface area contributed by atoms with Gasteiger partial charge in [-0.15, -0.1) is 0 Å². The fourth-order valence-electron chi connectivity index (χ4n) is 1.49. The Hall–Kier alpha value is -0.600. The van der Waals surface area contributed by atoms with Crippen molar-refractivity contribution in [2.45, 2.75) is 39.3 Å². The van der Waals surface area contributed by atoms with Crippen LogP contribution in [0, 0.1) is 5.82 Å². The summed E-state index contributed by atoms with van der Waals surface area (Å²) in [6.45, 7) is 6.12. The van der Waals surface area contributed by atoms with E-state index in [1.54, 1.807) is 18.2 Å². The highest BCUT2D eigenvalue weighted by atomic mass is 35.5. The molecule has 1 aromatic carbocycles. The largest absolute Gasteiger partial charge is 0.308 e. The molecule has 1 aromatic rings. The summed E-state index contributed by atoms with van der Waals surface area (Å²) >= 11 is 5.73. The van der Waals surface area contributed by atoms with E-state index in [9.17, 15) is 4.39 Å². The zero-order valence-corrected chi connectivity index (χ0v) is 10.1. The highest BCUT2D eigenvalue weighted by molar-refractivity contribution is 6.30. The topological polar surface area (TPSA) is 12.0 Å². The first-order valence-electron chi connectivity index (χ1n) is 5.26. The Morgan fingerprint density at radius 1 is 1.40 bits per heavy atom. The van der Waals surface area contributed by atoms with Crippen LogP contribution in [0.5, 0.6) is 0 Å². The van der Waals surface area contributed by atoms with Crippen molar-refractivity contribution in [1.29, 1.82) is 0 Å². The Morgan fingerprint density at radius 3 is 2.67 bits per heavy atom. The van der Waals surface area contributed by atoms with E-state index in [-0.39, 0.29) is 16.9 Å². The van der Waals surface area contributed by atoms with E-state index in [1.807, 2.05) is 6.92 Å². The molecule has 1 N–H and O–H groups in total. The summed E-state index contributed by atoms with van der Waals surface area (Å²) in [7, 11) is 0. The first-order chi connectivity index (χ1) is 7.06. The fourth-order valence-corrected chi connectivity index (χ4v) is 1.67. The molecule has 0 aromatic heterocycles. The maximum Gasteiger partial charge on any atom is 0.146 e. The molecule has 0 radical (unpaired) electrons. The molecule has 84 valence electrons. The van der Waals surface area contributed by atoms with E-state index >= 15 is 0 Å². The molecule has 15 heavy (non-hydrogen) atoms. The molecule has 0 aliphatic heterocycles. The van der Waals surface area contributed by atoms with Crippen LogP contribution in [-0.4, -0.2) is 6.04 Å². The Labute approximate surface area is 95.6 Å². The molecule has 0 heterocycles. The molecule has 1 rings (SSSR count). The molecule has 0 spiro atoms. The smallest absolute Gasteiger partial charge is 0.146 e. The van der Waals surface area contributed by atoms with E-state index in [0.29, 0.717) is 11.6 Å². The van der Waals surface area contributed by atoms with E-state index in [2.05, 4.69) is 19.2 Å².